The molecule has 0 spiro atoms. The fourth-order valence-corrected chi connectivity index (χ4v) is 2.36. The standard InChI is InChI=1S/C18H14N2O7/c1-9(2)27-18(24)12-7-13(21)17(23)15(20(25)26)14(12)16(22)11-5-3-4-10(6-11)8-19/h3-7,9,21,23H,1-2H3. The fraction of sp³-hybridized carbons (Fsp3) is 0.167. The number of aromatic hydroxyl groups is 2. The summed E-state index contributed by atoms with van der Waals surface area (Å²) >= 11 is 0. The zero-order chi connectivity index (χ0) is 20.3. The van der Waals surface area contributed by atoms with Gasteiger partial charge in [0.25, 0.3) is 0 Å². The number of carbonyl (C=O) groups is 2. The minimum absolute atomic E-state index is 0.110. The summed E-state index contributed by atoms with van der Waals surface area (Å²) < 4.78 is 4.98. The van der Waals surface area contributed by atoms with Gasteiger partial charge >= 0.3 is 11.7 Å². The summed E-state index contributed by atoms with van der Waals surface area (Å²) in [5.74, 6) is -4.16. The minimum atomic E-state index is -1.15. The zero-order valence-electron chi connectivity index (χ0n) is 14.3. The van der Waals surface area contributed by atoms with E-state index in [1.165, 1.54) is 38.1 Å². The number of nitro benzene ring substituents is 1. The number of ether oxygens (including phenoxy) is 1. The van der Waals surface area contributed by atoms with Gasteiger partial charge in [0.1, 0.15) is 5.56 Å². The van der Waals surface area contributed by atoms with Crippen LogP contribution in [-0.2, 0) is 4.74 Å². The molecule has 0 atom stereocenters. The summed E-state index contributed by atoms with van der Waals surface area (Å²) in [6.45, 7) is 3.06. The molecule has 0 aromatic heterocycles. The van der Waals surface area contributed by atoms with Crippen molar-refractivity contribution in [1.29, 1.82) is 5.26 Å². The Morgan fingerprint density at radius 1 is 1.26 bits per heavy atom. The molecule has 9 heteroatoms. The maximum absolute atomic E-state index is 12.9. The van der Waals surface area contributed by atoms with Gasteiger partial charge in [-0.2, -0.15) is 5.26 Å². The summed E-state index contributed by atoms with van der Waals surface area (Å²) in [4.78, 5) is 35.6. The van der Waals surface area contributed by atoms with Crippen molar-refractivity contribution in [1.82, 2.24) is 0 Å². The summed E-state index contributed by atoms with van der Waals surface area (Å²) in [5.41, 5.74) is -2.43. The van der Waals surface area contributed by atoms with Crippen molar-refractivity contribution in [2.24, 2.45) is 0 Å². The first kappa shape index (κ1) is 19.4. The van der Waals surface area contributed by atoms with E-state index in [0.717, 1.165) is 6.07 Å². The van der Waals surface area contributed by atoms with Gasteiger partial charge in [-0.3, -0.25) is 14.9 Å². The van der Waals surface area contributed by atoms with Crippen LogP contribution < -0.4 is 0 Å². The van der Waals surface area contributed by atoms with Crippen molar-refractivity contribution in [3.05, 3.63) is 62.7 Å². The Balaban J connectivity index is 2.80. The van der Waals surface area contributed by atoms with Crippen LogP contribution in [0.25, 0.3) is 0 Å². The highest BCUT2D eigenvalue weighted by molar-refractivity contribution is 6.18. The molecule has 2 aromatic carbocycles. The molecule has 0 aliphatic carbocycles. The topological polar surface area (TPSA) is 151 Å². The second-order valence-electron chi connectivity index (χ2n) is 5.75. The number of nitrogens with zero attached hydrogens (tertiary/aromatic N) is 2. The van der Waals surface area contributed by atoms with E-state index in [2.05, 4.69) is 0 Å². The Bertz CT molecular complexity index is 990. The van der Waals surface area contributed by atoms with E-state index in [4.69, 9.17) is 10.00 Å². The van der Waals surface area contributed by atoms with E-state index in [1.807, 2.05) is 6.07 Å². The van der Waals surface area contributed by atoms with Gasteiger partial charge in [-0.1, -0.05) is 12.1 Å². The van der Waals surface area contributed by atoms with Crippen LogP contribution in [0.15, 0.2) is 30.3 Å². The molecule has 0 amide bonds. The van der Waals surface area contributed by atoms with Gasteiger partial charge in [-0.15, -0.1) is 0 Å². The molecule has 0 radical (unpaired) electrons. The lowest BCUT2D eigenvalue weighted by atomic mass is 9.94. The molecule has 0 saturated carbocycles. The van der Waals surface area contributed by atoms with Crippen molar-refractivity contribution in [2.75, 3.05) is 0 Å². The molecule has 0 unspecified atom stereocenters. The van der Waals surface area contributed by atoms with Crippen LogP contribution >= 0.6 is 0 Å². The van der Waals surface area contributed by atoms with Gasteiger partial charge in [0.05, 0.1) is 28.2 Å². The number of carbonyl (C=O) groups excluding carboxylic acids is 2. The van der Waals surface area contributed by atoms with E-state index in [-0.39, 0.29) is 11.1 Å². The first-order valence-corrected chi connectivity index (χ1v) is 7.66. The Hall–Kier alpha value is -3.93. The van der Waals surface area contributed by atoms with Crippen LogP contribution in [0.1, 0.15) is 45.7 Å². The van der Waals surface area contributed by atoms with E-state index in [0.29, 0.717) is 0 Å². The van der Waals surface area contributed by atoms with E-state index in [9.17, 15) is 29.9 Å². The average molecular weight is 370 g/mol. The number of benzene rings is 2. The van der Waals surface area contributed by atoms with Gasteiger partial charge < -0.3 is 14.9 Å². The highest BCUT2D eigenvalue weighted by Gasteiger charge is 2.35. The molecule has 2 N–H and O–H groups in total. The van der Waals surface area contributed by atoms with Crippen molar-refractivity contribution in [3.8, 4) is 17.6 Å². The maximum atomic E-state index is 12.9. The molecular formula is C18H14N2O7. The molecule has 0 fully saturated rings. The predicted molar refractivity (Wildman–Crippen MR) is 91.6 cm³/mol. The van der Waals surface area contributed by atoms with Gasteiger partial charge in [-0.05, 0) is 32.0 Å². The molecule has 0 aliphatic heterocycles. The molecule has 0 heterocycles. The molecule has 27 heavy (non-hydrogen) atoms. The Labute approximate surface area is 153 Å². The number of rotatable bonds is 5. The largest absolute Gasteiger partial charge is 0.504 e. The summed E-state index contributed by atoms with van der Waals surface area (Å²) in [6.07, 6.45) is -0.600. The molecule has 2 aromatic rings. The number of hydrogen-bond donors (Lipinski definition) is 2. The third-order valence-corrected chi connectivity index (χ3v) is 3.48. The lowest BCUT2D eigenvalue weighted by Crippen LogP contribution is -2.18. The van der Waals surface area contributed by atoms with Gasteiger partial charge in [0, 0.05) is 5.56 Å². The van der Waals surface area contributed by atoms with Crippen molar-refractivity contribution in [3.63, 3.8) is 0 Å². The van der Waals surface area contributed by atoms with Crippen LogP contribution in [0.3, 0.4) is 0 Å². The molecule has 0 aliphatic rings. The molecular weight excluding hydrogens is 356 g/mol. The fourth-order valence-electron chi connectivity index (χ4n) is 2.36. The molecule has 138 valence electrons. The van der Waals surface area contributed by atoms with Crippen LogP contribution in [0.5, 0.6) is 11.5 Å². The SMILES string of the molecule is CC(C)OC(=O)c1cc(O)c(O)c([N+](=O)[O-])c1C(=O)c1cccc(C#N)c1. The van der Waals surface area contributed by atoms with E-state index >= 15 is 0 Å². The minimum Gasteiger partial charge on any atom is -0.504 e. The van der Waals surface area contributed by atoms with Crippen molar-refractivity contribution < 1.29 is 29.5 Å². The molecule has 0 saturated heterocycles. The second-order valence-corrected chi connectivity index (χ2v) is 5.75. The zero-order valence-corrected chi connectivity index (χ0v) is 14.3. The first-order valence-electron chi connectivity index (χ1n) is 7.66. The average Bonchev–Trinajstić information content (AvgIpc) is 2.61. The number of esters is 1. The monoisotopic (exact) mass is 370 g/mol. The van der Waals surface area contributed by atoms with Crippen LogP contribution in [0.4, 0.5) is 5.69 Å². The summed E-state index contributed by atoms with van der Waals surface area (Å²) in [5, 5.41) is 40.0. The number of ketones is 1. The van der Waals surface area contributed by atoms with Gasteiger partial charge in [-0.25, -0.2) is 4.79 Å². The Morgan fingerprint density at radius 2 is 1.93 bits per heavy atom. The smallest absolute Gasteiger partial charge is 0.339 e. The molecule has 0 bridgehead atoms. The number of nitro groups is 1. The molecule has 2 rings (SSSR count). The van der Waals surface area contributed by atoms with Gasteiger partial charge in [0.2, 0.25) is 11.5 Å². The third-order valence-electron chi connectivity index (χ3n) is 3.48. The molecule has 9 nitrogen and oxygen atoms in total. The number of nitriles is 1. The third kappa shape index (κ3) is 3.85. The lowest BCUT2D eigenvalue weighted by Gasteiger charge is -2.13. The summed E-state index contributed by atoms with van der Waals surface area (Å²) in [7, 11) is 0. The highest BCUT2D eigenvalue weighted by Crippen LogP contribution is 2.41. The Kier molecular flexibility index (Phi) is 5.41. The van der Waals surface area contributed by atoms with Crippen LogP contribution in [0, 0.1) is 21.4 Å². The number of hydrogen-bond acceptors (Lipinski definition) is 8. The normalized spacial score (nSPS) is 10.3. The summed E-state index contributed by atoms with van der Waals surface area (Å²) in [6, 6.07) is 7.86. The second kappa shape index (κ2) is 7.53. The number of phenolic OH excluding ortho intramolecular Hbond substituents is 2. The van der Waals surface area contributed by atoms with E-state index < -0.39 is 51.1 Å². The predicted octanol–water partition coefficient (Wildman–Crippen LogP) is 2.67. The van der Waals surface area contributed by atoms with Crippen LogP contribution in [0.2, 0.25) is 0 Å². The quantitative estimate of drug-likeness (QED) is 0.268. The van der Waals surface area contributed by atoms with Crippen molar-refractivity contribution >= 4 is 17.4 Å². The highest BCUT2D eigenvalue weighted by atomic mass is 16.6. The van der Waals surface area contributed by atoms with Crippen molar-refractivity contribution in [2.45, 2.75) is 20.0 Å². The maximum Gasteiger partial charge on any atom is 0.339 e. The van der Waals surface area contributed by atoms with Gasteiger partial charge in [0.15, 0.2) is 5.75 Å². The number of phenols is 2. The first-order chi connectivity index (χ1) is 12.7. The lowest BCUT2D eigenvalue weighted by molar-refractivity contribution is -0.386. The van der Waals surface area contributed by atoms with Crippen LogP contribution in [-0.4, -0.2) is 33.0 Å². The van der Waals surface area contributed by atoms with E-state index in [1.54, 1.807) is 0 Å². The Morgan fingerprint density at radius 3 is 2.48 bits per heavy atom.